The molecule has 0 aliphatic carbocycles. The van der Waals surface area contributed by atoms with Crippen LogP contribution in [-0.2, 0) is 19.5 Å². The Bertz CT molecular complexity index is 1260. The maximum atomic E-state index is 12.2. The monoisotopic (exact) mass is 553 g/mol. The van der Waals surface area contributed by atoms with Gasteiger partial charge in [0.1, 0.15) is 17.9 Å². The zero-order valence-corrected chi connectivity index (χ0v) is 23.5. The first-order chi connectivity index (χ1) is 19.3. The number of halogens is 2. The van der Waals surface area contributed by atoms with Crippen molar-refractivity contribution in [2.24, 2.45) is 0 Å². The number of carbonyl (C=O) groups is 1. The molecular formula is C32H41F2N3O3. The van der Waals surface area contributed by atoms with Crippen LogP contribution < -0.4 is 10.6 Å². The molecule has 0 amide bonds. The number of nitrogens with one attached hydrogen (secondary N) is 2. The van der Waals surface area contributed by atoms with Crippen molar-refractivity contribution in [2.45, 2.75) is 45.9 Å². The van der Waals surface area contributed by atoms with Gasteiger partial charge in [0.15, 0.2) is 0 Å². The van der Waals surface area contributed by atoms with Crippen LogP contribution in [0.2, 0.25) is 0 Å². The number of aldehydes is 1. The summed E-state index contributed by atoms with van der Waals surface area (Å²) < 4.78 is 26.4. The SMILES string of the molecule is CCc1cccc(CNCC(O)CNC)c1.Cc1cc(F)cc(F)c1.O=Cc1ccc2ccn(CCCO)c2c1. The van der Waals surface area contributed by atoms with Crippen molar-refractivity contribution in [3.05, 3.63) is 107 Å². The molecule has 216 valence electrons. The average Bonchev–Trinajstić information content (AvgIpc) is 3.34. The van der Waals surface area contributed by atoms with Gasteiger partial charge in [-0.3, -0.25) is 4.79 Å². The lowest BCUT2D eigenvalue weighted by atomic mass is 10.1. The Morgan fingerprint density at radius 1 is 0.975 bits per heavy atom. The molecule has 0 aliphatic rings. The zero-order chi connectivity index (χ0) is 29.3. The molecule has 4 rings (SSSR count). The van der Waals surface area contributed by atoms with Gasteiger partial charge in [-0.1, -0.05) is 43.3 Å². The lowest BCUT2D eigenvalue weighted by molar-refractivity contribution is 0.112. The van der Waals surface area contributed by atoms with Crippen molar-refractivity contribution in [1.29, 1.82) is 0 Å². The molecule has 6 nitrogen and oxygen atoms in total. The summed E-state index contributed by atoms with van der Waals surface area (Å²) >= 11 is 0. The number of fused-ring (bicyclic) bond motifs is 1. The Morgan fingerprint density at radius 3 is 2.33 bits per heavy atom. The van der Waals surface area contributed by atoms with Crippen molar-refractivity contribution in [3.8, 4) is 0 Å². The fourth-order valence-electron chi connectivity index (χ4n) is 4.05. The Balaban J connectivity index is 0.000000218. The summed E-state index contributed by atoms with van der Waals surface area (Å²) in [5.41, 5.74) is 4.97. The van der Waals surface area contributed by atoms with E-state index >= 15 is 0 Å². The third kappa shape index (κ3) is 11.8. The van der Waals surface area contributed by atoms with E-state index in [1.54, 1.807) is 6.92 Å². The fourth-order valence-corrected chi connectivity index (χ4v) is 4.05. The number of aliphatic hydroxyl groups is 2. The van der Waals surface area contributed by atoms with Gasteiger partial charge < -0.3 is 25.4 Å². The number of aryl methyl sites for hydroxylation is 3. The summed E-state index contributed by atoms with van der Waals surface area (Å²) in [6.07, 6.45) is 4.31. The summed E-state index contributed by atoms with van der Waals surface area (Å²) in [7, 11) is 1.84. The third-order valence-electron chi connectivity index (χ3n) is 6.05. The first-order valence-corrected chi connectivity index (χ1v) is 13.5. The van der Waals surface area contributed by atoms with Crippen LogP contribution in [0.4, 0.5) is 8.78 Å². The standard InChI is InChI=1S/C13H22N2O.C12H13NO2.C7H6F2/c1-3-11-5-4-6-12(7-11)8-15-10-13(16)9-14-2;14-7-1-5-13-6-4-11-3-2-10(9-15)8-12(11)13;1-5-2-6(8)4-7(9)3-5/h4-7,13-16H,3,8-10H2,1-2H3;2-4,6,8-9,14H,1,5,7H2;2-4H,1H3. The normalized spacial score (nSPS) is 11.3. The molecule has 1 atom stereocenters. The molecule has 1 aromatic heterocycles. The molecule has 4 N–H and O–H groups in total. The minimum absolute atomic E-state index is 0.188. The van der Waals surface area contributed by atoms with E-state index < -0.39 is 11.6 Å². The molecule has 1 heterocycles. The molecule has 0 aliphatic heterocycles. The van der Waals surface area contributed by atoms with Gasteiger partial charge >= 0.3 is 0 Å². The average molecular weight is 554 g/mol. The highest BCUT2D eigenvalue weighted by Crippen LogP contribution is 2.17. The van der Waals surface area contributed by atoms with Gasteiger partial charge in [-0.25, -0.2) is 8.78 Å². The number of hydrogen-bond acceptors (Lipinski definition) is 5. The highest BCUT2D eigenvalue weighted by Gasteiger charge is 2.02. The Hall–Kier alpha value is -3.43. The zero-order valence-electron chi connectivity index (χ0n) is 23.5. The molecule has 0 saturated carbocycles. The largest absolute Gasteiger partial charge is 0.396 e. The molecule has 8 heteroatoms. The highest BCUT2D eigenvalue weighted by atomic mass is 19.1. The first kappa shape index (κ1) is 32.8. The molecule has 0 fully saturated rings. The van der Waals surface area contributed by atoms with Crippen LogP contribution in [0.25, 0.3) is 10.9 Å². The number of aromatic nitrogens is 1. The van der Waals surface area contributed by atoms with Gasteiger partial charge in [0.25, 0.3) is 0 Å². The number of nitrogens with zero attached hydrogens (tertiary/aromatic N) is 1. The number of hydrogen-bond donors (Lipinski definition) is 4. The second kappa shape index (κ2) is 18.0. The minimum atomic E-state index is -0.521. The topological polar surface area (TPSA) is 86.5 Å². The van der Waals surface area contributed by atoms with Crippen molar-refractivity contribution in [2.75, 3.05) is 26.7 Å². The van der Waals surface area contributed by atoms with E-state index in [2.05, 4.69) is 46.4 Å². The predicted octanol–water partition coefficient (Wildman–Crippen LogP) is 5.03. The van der Waals surface area contributed by atoms with E-state index in [9.17, 15) is 18.7 Å². The van der Waals surface area contributed by atoms with E-state index in [0.717, 1.165) is 49.2 Å². The Kier molecular flexibility index (Phi) is 14.8. The van der Waals surface area contributed by atoms with Crippen LogP contribution in [0.3, 0.4) is 0 Å². The van der Waals surface area contributed by atoms with Crippen LogP contribution in [0.15, 0.2) is 72.9 Å². The predicted molar refractivity (Wildman–Crippen MR) is 158 cm³/mol. The van der Waals surface area contributed by atoms with Gasteiger partial charge in [-0.15, -0.1) is 0 Å². The summed E-state index contributed by atoms with van der Waals surface area (Å²) in [6, 6.07) is 19.6. The van der Waals surface area contributed by atoms with Crippen LogP contribution in [0, 0.1) is 18.6 Å². The minimum Gasteiger partial charge on any atom is -0.396 e. The van der Waals surface area contributed by atoms with Crippen molar-refractivity contribution in [3.63, 3.8) is 0 Å². The number of likely N-dealkylation sites (N-methyl/N-ethyl adjacent to an activating group) is 1. The maximum Gasteiger partial charge on any atom is 0.150 e. The summed E-state index contributed by atoms with van der Waals surface area (Å²) in [6.45, 7) is 6.83. The molecule has 0 bridgehead atoms. The van der Waals surface area contributed by atoms with Gasteiger partial charge in [0, 0.05) is 56.1 Å². The Labute approximate surface area is 235 Å². The number of rotatable bonds is 11. The van der Waals surface area contributed by atoms with Crippen molar-refractivity contribution >= 4 is 17.2 Å². The summed E-state index contributed by atoms with van der Waals surface area (Å²) in [5.74, 6) is -1.04. The number of benzene rings is 3. The molecule has 3 aromatic carbocycles. The lowest BCUT2D eigenvalue weighted by Gasteiger charge is -2.11. The molecular weight excluding hydrogens is 512 g/mol. The van der Waals surface area contributed by atoms with E-state index in [-0.39, 0.29) is 12.7 Å². The summed E-state index contributed by atoms with van der Waals surface area (Å²) in [4.78, 5) is 10.6. The van der Waals surface area contributed by atoms with E-state index in [0.29, 0.717) is 24.2 Å². The van der Waals surface area contributed by atoms with E-state index in [4.69, 9.17) is 5.11 Å². The van der Waals surface area contributed by atoms with Crippen LogP contribution >= 0.6 is 0 Å². The smallest absolute Gasteiger partial charge is 0.150 e. The second-order valence-corrected chi connectivity index (χ2v) is 9.49. The molecule has 1 unspecified atom stereocenters. The van der Waals surface area contributed by atoms with E-state index in [1.165, 1.54) is 23.3 Å². The fraction of sp³-hybridized carbons (Fsp3) is 0.344. The Morgan fingerprint density at radius 2 is 1.70 bits per heavy atom. The van der Waals surface area contributed by atoms with Crippen molar-refractivity contribution < 1.29 is 23.8 Å². The molecule has 0 saturated heterocycles. The maximum absolute atomic E-state index is 12.2. The van der Waals surface area contributed by atoms with Gasteiger partial charge in [0.05, 0.1) is 6.10 Å². The summed E-state index contributed by atoms with van der Waals surface area (Å²) in [5, 5.41) is 25.6. The van der Waals surface area contributed by atoms with Crippen LogP contribution in [0.1, 0.15) is 40.4 Å². The van der Waals surface area contributed by atoms with Gasteiger partial charge in [-0.2, -0.15) is 0 Å². The molecule has 40 heavy (non-hydrogen) atoms. The van der Waals surface area contributed by atoms with Crippen molar-refractivity contribution in [1.82, 2.24) is 15.2 Å². The first-order valence-electron chi connectivity index (χ1n) is 13.5. The molecule has 0 spiro atoms. The molecule has 0 radical (unpaired) electrons. The van der Waals surface area contributed by atoms with E-state index in [1.807, 2.05) is 37.5 Å². The van der Waals surface area contributed by atoms with Gasteiger partial charge in [-0.05, 0) is 73.2 Å². The third-order valence-corrected chi connectivity index (χ3v) is 6.05. The lowest BCUT2D eigenvalue weighted by Crippen LogP contribution is -2.33. The van der Waals surface area contributed by atoms with Crippen LogP contribution in [-0.4, -0.2) is 53.9 Å². The van der Waals surface area contributed by atoms with Crippen LogP contribution in [0.5, 0.6) is 0 Å². The number of aliphatic hydroxyl groups excluding tert-OH is 2. The van der Waals surface area contributed by atoms with Gasteiger partial charge in [0.2, 0.25) is 0 Å². The second-order valence-electron chi connectivity index (χ2n) is 9.49. The molecule has 4 aromatic rings. The highest BCUT2D eigenvalue weighted by molar-refractivity contribution is 5.87. The number of carbonyl (C=O) groups excluding carboxylic acids is 1. The quantitative estimate of drug-likeness (QED) is 0.196.